The van der Waals surface area contributed by atoms with E-state index >= 15 is 0 Å². The van der Waals surface area contributed by atoms with Gasteiger partial charge in [-0.05, 0) is 25.0 Å². The Hall–Kier alpha value is -2.96. The Morgan fingerprint density at radius 1 is 1.17 bits per heavy atom. The number of rotatable bonds is 3. The quantitative estimate of drug-likeness (QED) is 0.739. The third-order valence-corrected chi connectivity index (χ3v) is 4.32. The zero-order chi connectivity index (χ0) is 16.5. The molecule has 0 unspecified atom stereocenters. The van der Waals surface area contributed by atoms with E-state index in [9.17, 15) is 4.79 Å². The van der Waals surface area contributed by atoms with Crippen molar-refractivity contribution in [3.05, 3.63) is 60.2 Å². The molecule has 7 heteroatoms. The van der Waals surface area contributed by atoms with E-state index in [1.54, 1.807) is 4.68 Å². The lowest BCUT2D eigenvalue weighted by atomic mass is 10.1. The number of amides is 1. The van der Waals surface area contributed by atoms with Crippen molar-refractivity contribution < 1.29 is 4.79 Å². The molecule has 1 saturated heterocycles. The summed E-state index contributed by atoms with van der Waals surface area (Å²) in [5.74, 6) is -0.0801. The Balaban J connectivity index is 1.58. The topological polar surface area (TPSA) is 68.8 Å². The van der Waals surface area contributed by atoms with Crippen LogP contribution in [0.1, 0.15) is 34.9 Å². The van der Waals surface area contributed by atoms with E-state index in [0.717, 1.165) is 30.6 Å². The number of nitrogens with zero attached hydrogens (tertiary/aromatic N) is 6. The lowest BCUT2D eigenvalue weighted by molar-refractivity contribution is 0.0729. The fourth-order valence-corrected chi connectivity index (χ4v) is 3.16. The Kier molecular flexibility index (Phi) is 3.60. The van der Waals surface area contributed by atoms with Crippen LogP contribution in [0.15, 0.2) is 48.9 Å². The molecule has 1 amide bonds. The van der Waals surface area contributed by atoms with Gasteiger partial charge in [0.15, 0.2) is 5.69 Å². The molecular formula is C17H18N6O. The van der Waals surface area contributed by atoms with Crippen molar-refractivity contribution in [2.45, 2.75) is 18.9 Å². The number of hydrogen-bond donors (Lipinski definition) is 0. The summed E-state index contributed by atoms with van der Waals surface area (Å²) in [5.41, 5.74) is 2.27. The fourth-order valence-electron chi connectivity index (χ4n) is 3.16. The lowest BCUT2D eigenvalue weighted by Gasteiger charge is -2.22. The smallest absolute Gasteiger partial charge is 0.276 e. The summed E-state index contributed by atoms with van der Waals surface area (Å²) in [5, 5.41) is 12.8. The van der Waals surface area contributed by atoms with Crippen LogP contribution in [0.2, 0.25) is 0 Å². The SMILES string of the molecule is Cn1cc([C@@H]2CCCN2C(=O)c2cnn(-c3ccccc3)n2)cn1. The number of aryl methyl sites for hydroxylation is 1. The normalized spacial score (nSPS) is 17.4. The van der Waals surface area contributed by atoms with Crippen LogP contribution >= 0.6 is 0 Å². The molecular weight excluding hydrogens is 304 g/mol. The number of para-hydroxylation sites is 1. The van der Waals surface area contributed by atoms with Gasteiger partial charge in [-0.2, -0.15) is 15.0 Å². The van der Waals surface area contributed by atoms with Crippen LogP contribution < -0.4 is 0 Å². The molecule has 24 heavy (non-hydrogen) atoms. The second-order valence-corrected chi connectivity index (χ2v) is 5.96. The van der Waals surface area contributed by atoms with E-state index in [2.05, 4.69) is 15.3 Å². The van der Waals surface area contributed by atoms with Gasteiger partial charge in [0.05, 0.1) is 24.1 Å². The Labute approximate surface area is 139 Å². The minimum atomic E-state index is -0.0801. The van der Waals surface area contributed by atoms with Gasteiger partial charge >= 0.3 is 0 Å². The van der Waals surface area contributed by atoms with Crippen LogP contribution in [0.25, 0.3) is 5.69 Å². The van der Waals surface area contributed by atoms with Crippen LogP contribution in [-0.4, -0.2) is 42.1 Å². The van der Waals surface area contributed by atoms with Gasteiger partial charge in [-0.1, -0.05) is 18.2 Å². The molecule has 0 N–H and O–H groups in total. The van der Waals surface area contributed by atoms with Crippen LogP contribution in [0, 0.1) is 0 Å². The second-order valence-electron chi connectivity index (χ2n) is 5.96. The monoisotopic (exact) mass is 322 g/mol. The van der Waals surface area contributed by atoms with Gasteiger partial charge in [-0.3, -0.25) is 9.48 Å². The van der Waals surface area contributed by atoms with E-state index in [4.69, 9.17) is 0 Å². The van der Waals surface area contributed by atoms with Gasteiger partial charge < -0.3 is 4.90 Å². The summed E-state index contributed by atoms with van der Waals surface area (Å²) in [7, 11) is 1.88. The number of likely N-dealkylation sites (tertiary alicyclic amines) is 1. The maximum absolute atomic E-state index is 12.9. The van der Waals surface area contributed by atoms with Gasteiger partial charge in [0.2, 0.25) is 0 Å². The van der Waals surface area contributed by atoms with Crippen molar-refractivity contribution in [2.24, 2.45) is 7.05 Å². The first-order chi connectivity index (χ1) is 11.7. The third kappa shape index (κ3) is 2.58. The zero-order valence-electron chi connectivity index (χ0n) is 13.4. The molecule has 7 nitrogen and oxygen atoms in total. The summed E-state index contributed by atoms with van der Waals surface area (Å²) in [4.78, 5) is 16.2. The first kappa shape index (κ1) is 14.6. The molecule has 1 atom stereocenters. The van der Waals surface area contributed by atoms with Crippen LogP contribution in [-0.2, 0) is 7.05 Å². The van der Waals surface area contributed by atoms with Crippen LogP contribution in [0.4, 0.5) is 0 Å². The molecule has 3 aromatic rings. The van der Waals surface area contributed by atoms with Crippen molar-refractivity contribution >= 4 is 5.91 Å². The summed E-state index contributed by atoms with van der Waals surface area (Å²) in [6, 6.07) is 9.64. The molecule has 1 aromatic carbocycles. The highest BCUT2D eigenvalue weighted by Crippen LogP contribution is 2.32. The molecule has 0 radical (unpaired) electrons. The van der Waals surface area contributed by atoms with Gasteiger partial charge in [-0.15, -0.1) is 5.10 Å². The molecule has 3 heterocycles. The highest BCUT2D eigenvalue weighted by Gasteiger charge is 2.32. The molecule has 0 aliphatic carbocycles. The summed E-state index contributed by atoms with van der Waals surface area (Å²) in [6.07, 6.45) is 7.27. The van der Waals surface area contributed by atoms with Gasteiger partial charge in [0.1, 0.15) is 0 Å². The zero-order valence-corrected chi connectivity index (χ0v) is 13.4. The number of benzene rings is 1. The van der Waals surface area contributed by atoms with Crippen LogP contribution in [0.5, 0.6) is 0 Å². The molecule has 1 aliphatic heterocycles. The molecule has 2 aromatic heterocycles. The maximum atomic E-state index is 12.9. The lowest BCUT2D eigenvalue weighted by Crippen LogP contribution is -2.30. The van der Waals surface area contributed by atoms with E-state index < -0.39 is 0 Å². The van der Waals surface area contributed by atoms with Crippen molar-refractivity contribution in [3.8, 4) is 5.69 Å². The van der Waals surface area contributed by atoms with Crippen LogP contribution in [0.3, 0.4) is 0 Å². The Bertz CT molecular complexity index is 853. The molecule has 1 fully saturated rings. The van der Waals surface area contributed by atoms with E-state index in [0.29, 0.717) is 5.69 Å². The van der Waals surface area contributed by atoms with Gasteiger partial charge in [0, 0.05) is 25.4 Å². The van der Waals surface area contributed by atoms with Crippen molar-refractivity contribution in [1.29, 1.82) is 0 Å². The number of carbonyl (C=O) groups excluding carboxylic acids is 1. The number of hydrogen-bond acceptors (Lipinski definition) is 4. The van der Waals surface area contributed by atoms with Gasteiger partial charge in [-0.25, -0.2) is 0 Å². The molecule has 4 rings (SSSR count). The largest absolute Gasteiger partial charge is 0.330 e. The predicted molar refractivity (Wildman–Crippen MR) is 87.6 cm³/mol. The predicted octanol–water partition coefficient (Wildman–Crippen LogP) is 1.98. The Morgan fingerprint density at radius 3 is 2.75 bits per heavy atom. The fraction of sp³-hybridized carbons (Fsp3) is 0.294. The van der Waals surface area contributed by atoms with E-state index in [1.165, 1.54) is 11.0 Å². The summed E-state index contributed by atoms with van der Waals surface area (Å²) in [6.45, 7) is 0.733. The molecule has 122 valence electrons. The highest BCUT2D eigenvalue weighted by atomic mass is 16.2. The third-order valence-electron chi connectivity index (χ3n) is 4.32. The summed E-state index contributed by atoms with van der Waals surface area (Å²) < 4.78 is 1.77. The van der Waals surface area contributed by atoms with Crippen molar-refractivity contribution in [3.63, 3.8) is 0 Å². The van der Waals surface area contributed by atoms with E-state index in [1.807, 2.05) is 54.7 Å². The highest BCUT2D eigenvalue weighted by molar-refractivity contribution is 5.92. The second kappa shape index (κ2) is 5.92. The maximum Gasteiger partial charge on any atom is 0.276 e. The Morgan fingerprint density at radius 2 is 2.00 bits per heavy atom. The standard InChI is InChI=1S/C17H18N6O/c1-21-12-13(10-18-21)16-8-5-9-22(16)17(24)15-11-19-23(20-15)14-6-3-2-4-7-14/h2-4,6-7,10-12,16H,5,8-9H2,1H3/t16-/m0/s1. The average molecular weight is 322 g/mol. The number of carbonyl (C=O) groups is 1. The van der Waals surface area contributed by atoms with Gasteiger partial charge in [0.25, 0.3) is 5.91 Å². The average Bonchev–Trinajstić information content (AvgIpc) is 3.35. The minimum Gasteiger partial charge on any atom is -0.330 e. The van der Waals surface area contributed by atoms with E-state index in [-0.39, 0.29) is 11.9 Å². The molecule has 0 spiro atoms. The number of aromatic nitrogens is 5. The summed E-state index contributed by atoms with van der Waals surface area (Å²) >= 11 is 0. The first-order valence-electron chi connectivity index (χ1n) is 7.99. The molecule has 1 aliphatic rings. The molecule has 0 saturated carbocycles. The van der Waals surface area contributed by atoms with Crippen molar-refractivity contribution in [1.82, 2.24) is 29.7 Å². The molecule has 0 bridgehead atoms. The van der Waals surface area contributed by atoms with Crippen molar-refractivity contribution in [2.75, 3.05) is 6.54 Å². The minimum absolute atomic E-state index is 0.0630. The first-order valence-corrected chi connectivity index (χ1v) is 7.99.